The summed E-state index contributed by atoms with van der Waals surface area (Å²) in [5, 5.41) is 13.8. The van der Waals surface area contributed by atoms with Gasteiger partial charge in [0.2, 0.25) is 0 Å². The molecular formula is C17H24F3NOS. The molecule has 1 aromatic carbocycles. The first-order valence-corrected chi connectivity index (χ1v) is 9.14. The van der Waals surface area contributed by atoms with E-state index < -0.39 is 17.3 Å². The van der Waals surface area contributed by atoms with Crippen molar-refractivity contribution in [3.05, 3.63) is 35.4 Å². The third kappa shape index (κ3) is 6.01. The van der Waals surface area contributed by atoms with Crippen LogP contribution in [0.1, 0.15) is 37.3 Å². The maximum Gasteiger partial charge on any atom is 0.416 e. The molecule has 0 saturated carbocycles. The molecule has 0 spiro atoms. The lowest BCUT2D eigenvalue weighted by molar-refractivity contribution is -0.137. The molecule has 23 heavy (non-hydrogen) atoms. The second-order valence-electron chi connectivity index (χ2n) is 6.36. The molecule has 1 heterocycles. The number of nitrogens with one attached hydrogen (secondary N) is 1. The van der Waals surface area contributed by atoms with E-state index in [1.165, 1.54) is 12.1 Å². The van der Waals surface area contributed by atoms with Crippen LogP contribution >= 0.6 is 11.8 Å². The van der Waals surface area contributed by atoms with Crippen molar-refractivity contribution in [3.63, 3.8) is 0 Å². The van der Waals surface area contributed by atoms with Gasteiger partial charge in [0.15, 0.2) is 0 Å². The van der Waals surface area contributed by atoms with E-state index >= 15 is 0 Å². The summed E-state index contributed by atoms with van der Waals surface area (Å²) < 4.78 is 38.1. The van der Waals surface area contributed by atoms with Gasteiger partial charge < -0.3 is 10.4 Å². The third-order valence-electron chi connectivity index (χ3n) is 4.32. The Balaban J connectivity index is 1.79. The minimum Gasteiger partial charge on any atom is -0.389 e. The topological polar surface area (TPSA) is 32.3 Å². The van der Waals surface area contributed by atoms with Gasteiger partial charge in [-0.25, -0.2) is 0 Å². The number of thioether (sulfide) groups is 1. The highest BCUT2D eigenvalue weighted by atomic mass is 32.2. The van der Waals surface area contributed by atoms with Gasteiger partial charge >= 0.3 is 6.18 Å². The standard InChI is InChI=1S/C17H24F3NOS/c1-13(21-12-16(22)7-9-23-10-8-16)5-6-14-3-2-4-15(11-14)17(18,19)20/h2-4,11,13,21-22H,5-10,12H2,1H3. The van der Waals surface area contributed by atoms with E-state index in [0.717, 1.165) is 36.8 Å². The third-order valence-corrected chi connectivity index (χ3v) is 5.31. The molecule has 6 heteroatoms. The minimum atomic E-state index is -4.29. The Morgan fingerprint density at radius 2 is 2.00 bits per heavy atom. The van der Waals surface area contributed by atoms with Gasteiger partial charge in [-0.05, 0) is 55.7 Å². The van der Waals surface area contributed by atoms with E-state index in [0.29, 0.717) is 18.5 Å². The van der Waals surface area contributed by atoms with Crippen LogP contribution < -0.4 is 5.32 Å². The number of hydrogen-bond donors (Lipinski definition) is 2. The van der Waals surface area contributed by atoms with Crippen LogP contribution in [-0.4, -0.2) is 34.8 Å². The summed E-state index contributed by atoms with van der Waals surface area (Å²) in [6.45, 7) is 2.56. The molecule has 1 aromatic rings. The van der Waals surface area contributed by atoms with Crippen molar-refractivity contribution in [2.75, 3.05) is 18.1 Å². The quantitative estimate of drug-likeness (QED) is 0.819. The van der Waals surface area contributed by atoms with E-state index in [1.54, 1.807) is 6.07 Å². The first-order chi connectivity index (χ1) is 10.8. The number of aliphatic hydroxyl groups is 1. The van der Waals surface area contributed by atoms with Crippen LogP contribution in [-0.2, 0) is 12.6 Å². The second-order valence-corrected chi connectivity index (χ2v) is 7.58. The molecule has 1 saturated heterocycles. The maximum absolute atomic E-state index is 12.7. The number of halogens is 3. The maximum atomic E-state index is 12.7. The Morgan fingerprint density at radius 1 is 1.30 bits per heavy atom. The molecule has 2 rings (SSSR count). The fraction of sp³-hybridized carbons (Fsp3) is 0.647. The molecule has 1 fully saturated rings. The molecule has 0 bridgehead atoms. The zero-order chi connectivity index (χ0) is 16.9. The summed E-state index contributed by atoms with van der Waals surface area (Å²) >= 11 is 1.86. The van der Waals surface area contributed by atoms with E-state index in [1.807, 2.05) is 18.7 Å². The Hall–Kier alpha value is -0.720. The molecular weight excluding hydrogens is 323 g/mol. The summed E-state index contributed by atoms with van der Waals surface area (Å²) in [6, 6.07) is 5.66. The average molecular weight is 347 g/mol. The van der Waals surface area contributed by atoms with Crippen LogP contribution in [0.3, 0.4) is 0 Å². The predicted molar refractivity (Wildman–Crippen MR) is 88.7 cm³/mol. The predicted octanol–water partition coefficient (Wildman–Crippen LogP) is 3.87. The number of aryl methyl sites for hydroxylation is 1. The summed E-state index contributed by atoms with van der Waals surface area (Å²) in [6.07, 6.45) is -1.36. The first kappa shape index (κ1) is 18.6. The summed E-state index contributed by atoms with van der Waals surface area (Å²) in [4.78, 5) is 0. The van der Waals surface area contributed by atoms with Crippen LogP contribution in [0.5, 0.6) is 0 Å². The Kier molecular flexibility index (Phi) is 6.40. The van der Waals surface area contributed by atoms with Crippen molar-refractivity contribution in [1.29, 1.82) is 0 Å². The van der Waals surface area contributed by atoms with E-state index in [4.69, 9.17) is 0 Å². The van der Waals surface area contributed by atoms with E-state index in [-0.39, 0.29) is 6.04 Å². The van der Waals surface area contributed by atoms with Gasteiger partial charge in [0.1, 0.15) is 0 Å². The fourth-order valence-electron chi connectivity index (χ4n) is 2.68. The lowest BCUT2D eigenvalue weighted by Crippen LogP contribution is -2.46. The van der Waals surface area contributed by atoms with Gasteiger partial charge in [-0.2, -0.15) is 24.9 Å². The number of hydrogen-bond acceptors (Lipinski definition) is 3. The number of alkyl halides is 3. The first-order valence-electron chi connectivity index (χ1n) is 7.98. The molecule has 0 aromatic heterocycles. The summed E-state index contributed by atoms with van der Waals surface area (Å²) in [5.41, 5.74) is -0.527. The van der Waals surface area contributed by atoms with Gasteiger partial charge in [-0.3, -0.25) is 0 Å². The smallest absolute Gasteiger partial charge is 0.389 e. The van der Waals surface area contributed by atoms with Gasteiger partial charge in [0, 0.05) is 12.6 Å². The van der Waals surface area contributed by atoms with E-state index in [2.05, 4.69) is 5.32 Å². The van der Waals surface area contributed by atoms with E-state index in [9.17, 15) is 18.3 Å². The number of rotatable bonds is 6. The Bertz CT molecular complexity index is 501. The molecule has 130 valence electrons. The van der Waals surface area contributed by atoms with Gasteiger partial charge in [-0.1, -0.05) is 18.2 Å². The van der Waals surface area contributed by atoms with Crippen molar-refractivity contribution in [2.45, 2.75) is 50.4 Å². The summed E-state index contributed by atoms with van der Waals surface area (Å²) in [5.74, 6) is 1.97. The Morgan fingerprint density at radius 3 is 2.65 bits per heavy atom. The average Bonchev–Trinajstić information content (AvgIpc) is 2.51. The molecule has 1 unspecified atom stereocenters. The molecule has 1 aliphatic rings. The molecule has 1 aliphatic heterocycles. The molecule has 0 aliphatic carbocycles. The Labute approximate surface area is 139 Å². The SMILES string of the molecule is CC(CCc1cccc(C(F)(F)F)c1)NCC1(O)CCSCC1. The van der Waals surface area contributed by atoms with Crippen molar-refractivity contribution in [1.82, 2.24) is 5.32 Å². The molecule has 0 radical (unpaired) electrons. The van der Waals surface area contributed by atoms with Crippen LogP contribution in [0.25, 0.3) is 0 Å². The normalized spacial score (nSPS) is 19.5. The summed E-state index contributed by atoms with van der Waals surface area (Å²) in [7, 11) is 0. The zero-order valence-corrected chi connectivity index (χ0v) is 14.1. The van der Waals surface area contributed by atoms with Crippen molar-refractivity contribution in [2.24, 2.45) is 0 Å². The minimum absolute atomic E-state index is 0.156. The van der Waals surface area contributed by atoms with Crippen molar-refractivity contribution < 1.29 is 18.3 Å². The van der Waals surface area contributed by atoms with Gasteiger partial charge in [0.05, 0.1) is 11.2 Å². The molecule has 0 amide bonds. The van der Waals surface area contributed by atoms with Crippen LogP contribution in [0.2, 0.25) is 0 Å². The van der Waals surface area contributed by atoms with Gasteiger partial charge in [-0.15, -0.1) is 0 Å². The lowest BCUT2D eigenvalue weighted by Gasteiger charge is -2.33. The van der Waals surface area contributed by atoms with Crippen molar-refractivity contribution >= 4 is 11.8 Å². The number of benzene rings is 1. The second kappa shape index (κ2) is 7.90. The highest BCUT2D eigenvalue weighted by Gasteiger charge is 2.31. The molecule has 2 N–H and O–H groups in total. The molecule has 2 nitrogen and oxygen atoms in total. The highest BCUT2D eigenvalue weighted by molar-refractivity contribution is 7.99. The van der Waals surface area contributed by atoms with Crippen LogP contribution in [0, 0.1) is 0 Å². The highest BCUT2D eigenvalue weighted by Crippen LogP contribution is 2.30. The largest absolute Gasteiger partial charge is 0.416 e. The van der Waals surface area contributed by atoms with Gasteiger partial charge in [0.25, 0.3) is 0 Å². The lowest BCUT2D eigenvalue weighted by atomic mass is 9.96. The van der Waals surface area contributed by atoms with Crippen LogP contribution in [0.4, 0.5) is 13.2 Å². The zero-order valence-electron chi connectivity index (χ0n) is 13.3. The van der Waals surface area contributed by atoms with Crippen LogP contribution in [0.15, 0.2) is 24.3 Å². The van der Waals surface area contributed by atoms with Crippen molar-refractivity contribution in [3.8, 4) is 0 Å². The monoisotopic (exact) mass is 347 g/mol. The molecule has 1 atom stereocenters. The fourth-order valence-corrected chi connectivity index (χ4v) is 3.93.